The number of hydrogen-bond acceptors (Lipinski definition) is 5. The lowest BCUT2D eigenvalue weighted by atomic mass is 9.97. The number of benzene rings is 2. The van der Waals surface area contributed by atoms with E-state index in [0.29, 0.717) is 34.7 Å². The molecule has 1 saturated heterocycles. The maximum absolute atomic E-state index is 14.9. The summed E-state index contributed by atoms with van der Waals surface area (Å²) >= 11 is 6.52. The maximum atomic E-state index is 14.9. The van der Waals surface area contributed by atoms with Crippen LogP contribution in [0.3, 0.4) is 0 Å². The van der Waals surface area contributed by atoms with Gasteiger partial charge in [0.15, 0.2) is 0 Å². The highest BCUT2D eigenvalue weighted by Gasteiger charge is 2.55. The molecule has 10 heteroatoms. The maximum Gasteiger partial charge on any atom is 0.332 e. The van der Waals surface area contributed by atoms with Crippen molar-refractivity contribution in [3.63, 3.8) is 0 Å². The van der Waals surface area contributed by atoms with E-state index in [9.17, 15) is 19.1 Å². The number of imidazole rings is 1. The van der Waals surface area contributed by atoms with Gasteiger partial charge in [0.25, 0.3) is 0 Å². The Balaban J connectivity index is 1.34. The van der Waals surface area contributed by atoms with Crippen molar-refractivity contribution in [2.24, 2.45) is 12.5 Å². The molecule has 4 aromatic rings. The predicted molar refractivity (Wildman–Crippen MR) is 148 cm³/mol. The molecular formula is C29H27ClFN5O3. The van der Waals surface area contributed by atoms with Crippen molar-refractivity contribution in [3.05, 3.63) is 82.4 Å². The third kappa shape index (κ3) is 4.46. The molecule has 2 aromatic heterocycles. The van der Waals surface area contributed by atoms with Gasteiger partial charge in [-0.15, -0.1) is 0 Å². The van der Waals surface area contributed by atoms with Gasteiger partial charge in [-0.05, 0) is 60.4 Å². The number of halogens is 2. The largest absolute Gasteiger partial charge is 0.507 e. The van der Waals surface area contributed by atoms with E-state index in [1.165, 1.54) is 28.2 Å². The van der Waals surface area contributed by atoms with Crippen molar-refractivity contribution in [1.82, 2.24) is 19.4 Å². The van der Waals surface area contributed by atoms with Crippen LogP contribution in [0.5, 0.6) is 5.75 Å². The van der Waals surface area contributed by atoms with Crippen LogP contribution in [0.15, 0.2) is 65.8 Å². The van der Waals surface area contributed by atoms with E-state index >= 15 is 0 Å². The van der Waals surface area contributed by atoms with E-state index in [0.717, 1.165) is 19.4 Å². The molecule has 200 valence electrons. The average Bonchev–Trinajstić information content (AvgIpc) is 3.50. The third-order valence-electron chi connectivity index (χ3n) is 7.84. The van der Waals surface area contributed by atoms with Gasteiger partial charge in [-0.25, -0.2) is 14.2 Å². The Bertz CT molecular complexity index is 1680. The van der Waals surface area contributed by atoms with E-state index in [4.69, 9.17) is 11.6 Å². The standard InChI is InChI=1S/C29H27ClFN5O3/c1-17(37)33-25-15-35(16-29(25)6-7-29)26-12-19(5-8-32-26)22-14-20(31)13-21(27(22)38)18-3-4-24(23(30)11-18)36-10-9-34(2)28(36)39/h3-5,8-14,25,38H,6-7,15-16H2,1-2H3,(H,33,37). The van der Waals surface area contributed by atoms with E-state index < -0.39 is 5.82 Å². The monoisotopic (exact) mass is 547 g/mol. The molecule has 1 amide bonds. The van der Waals surface area contributed by atoms with Crippen molar-refractivity contribution in [1.29, 1.82) is 0 Å². The van der Waals surface area contributed by atoms with Crippen molar-refractivity contribution < 1.29 is 14.3 Å². The molecule has 1 saturated carbocycles. The van der Waals surface area contributed by atoms with Crippen LogP contribution in [-0.4, -0.2) is 44.3 Å². The van der Waals surface area contributed by atoms with Gasteiger partial charge in [0, 0.05) is 62.2 Å². The second kappa shape index (κ2) is 9.27. The summed E-state index contributed by atoms with van der Waals surface area (Å²) in [5, 5.41) is 14.6. The van der Waals surface area contributed by atoms with Crippen LogP contribution in [0, 0.1) is 11.2 Å². The van der Waals surface area contributed by atoms with Gasteiger partial charge in [0.1, 0.15) is 17.4 Å². The average molecular weight is 548 g/mol. The minimum absolute atomic E-state index is 0.0454. The van der Waals surface area contributed by atoms with Gasteiger partial charge in [-0.1, -0.05) is 17.7 Å². The van der Waals surface area contributed by atoms with Crippen LogP contribution in [0.2, 0.25) is 5.02 Å². The fourth-order valence-corrected chi connectivity index (χ4v) is 5.84. The second-order valence-corrected chi connectivity index (χ2v) is 10.9. The topological polar surface area (TPSA) is 92.4 Å². The first-order valence-electron chi connectivity index (χ1n) is 12.7. The minimum atomic E-state index is -0.514. The number of rotatable bonds is 5. The van der Waals surface area contributed by atoms with Crippen molar-refractivity contribution in [2.45, 2.75) is 25.8 Å². The lowest BCUT2D eigenvalue weighted by Crippen LogP contribution is -2.40. The number of amides is 1. The van der Waals surface area contributed by atoms with Gasteiger partial charge in [-0.2, -0.15) is 0 Å². The van der Waals surface area contributed by atoms with Crippen LogP contribution in [-0.2, 0) is 11.8 Å². The molecule has 2 fully saturated rings. The fourth-order valence-electron chi connectivity index (χ4n) is 5.57. The highest BCUT2D eigenvalue weighted by Crippen LogP contribution is 2.53. The molecule has 3 heterocycles. The number of phenolic OH excluding ortho intramolecular Hbond substituents is 1. The Morgan fingerprint density at radius 1 is 1.13 bits per heavy atom. The Hall–Kier alpha value is -4.11. The first-order chi connectivity index (χ1) is 18.6. The number of hydrogen-bond donors (Lipinski definition) is 2. The summed E-state index contributed by atoms with van der Waals surface area (Å²) in [4.78, 5) is 30.7. The predicted octanol–water partition coefficient (Wildman–Crippen LogP) is 4.51. The first kappa shape index (κ1) is 25.2. The van der Waals surface area contributed by atoms with Crippen LogP contribution in [0.4, 0.5) is 10.2 Å². The summed E-state index contributed by atoms with van der Waals surface area (Å²) < 4.78 is 17.8. The molecule has 2 aromatic carbocycles. The fraction of sp³-hybridized carbons (Fsp3) is 0.276. The normalized spacial score (nSPS) is 17.5. The number of phenols is 1. The van der Waals surface area contributed by atoms with Crippen LogP contribution in [0.25, 0.3) is 27.9 Å². The lowest BCUT2D eigenvalue weighted by molar-refractivity contribution is -0.119. The van der Waals surface area contributed by atoms with Gasteiger partial charge >= 0.3 is 5.69 Å². The second-order valence-electron chi connectivity index (χ2n) is 10.5. The van der Waals surface area contributed by atoms with E-state index in [-0.39, 0.29) is 39.4 Å². The molecule has 0 radical (unpaired) electrons. The summed E-state index contributed by atoms with van der Waals surface area (Å²) in [7, 11) is 1.65. The smallest absolute Gasteiger partial charge is 0.332 e. The molecule has 1 unspecified atom stereocenters. The number of pyridine rings is 1. The summed E-state index contributed by atoms with van der Waals surface area (Å²) in [6.07, 6.45) is 7.01. The van der Waals surface area contributed by atoms with E-state index in [1.54, 1.807) is 49.9 Å². The van der Waals surface area contributed by atoms with Crippen LogP contribution >= 0.6 is 11.6 Å². The number of nitrogens with zero attached hydrogens (tertiary/aromatic N) is 4. The number of carbonyl (C=O) groups is 1. The van der Waals surface area contributed by atoms with E-state index in [1.807, 2.05) is 6.07 Å². The van der Waals surface area contributed by atoms with Crippen molar-refractivity contribution >= 4 is 23.3 Å². The highest BCUT2D eigenvalue weighted by atomic mass is 35.5. The molecule has 1 aliphatic heterocycles. The SMILES string of the molecule is CC(=O)NC1CN(c2cc(-c3cc(F)cc(-c4ccc(-n5ccn(C)c5=O)c(Cl)c4)c3O)ccn2)CC12CC2. The summed E-state index contributed by atoms with van der Waals surface area (Å²) in [6, 6.07) is 11.2. The molecule has 2 N–H and O–H groups in total. The Kier molecular flexibility index (Phi) is 5.99. The zero-order valence-corrected chi connectivity index (χ0v) is 22.2. The number of aromatic hydroxyl groups is 1. The molecular weight excluding hydrogens is 521 g/mol. The number of nitrogens with one attached hydrogen (secondary N) is 1. The van der Waals surface area contributed by atoms with Crippen molar-refractivity contribution in [2.75, 3.05) is 18.0 Å². The van der Waals surface area contributed by atoms with Gasteiger partial charge in [0.2, 0.25) is 5.91 Å². The molecule has 1 spiro atoms. The zero-order valence-electron chi connectivity index (χ0n) is 21.5. The van der Waals surface area contributed by atoms with Gasteiger partial charge in [-0.3, -0.25) is 9.36 Å². The third-order valence-corrected chi connectivity index (χ3v) is 8.14. The minimum Gasteiger partial charge on any atom is -0.507 e. The summed E-state index contributed by atoms with van der Waals surface area (Å²) in [5.41, 5.74) is 2.04. The van der Waals surface area contributed by atoms with Crippen LogP contribution < -0.4 is 15.9 Å². The molecule has 0 bridgehead atoms. The molecule has 6 rings (SSSR count). The highest BCUT2D eigenvalue weighted by molar-refractivity contribution is 6.32. The van der Waals surface area contributed by atoms with Gasteiger partial charge < -0.3 is 19.9 Å². The molecule has 2 aliphatic rings. The quantitative estimate of drug-likeness (QED) is 0.384. The molecule has 8 nitrogen and oxygen atoms in total. The zero-order chi connectivity index (χ0) is 27.5. The first-order valence-corrected chi connectivity index (χ1v) is 13.1. The molecule has 39 heavy (non-hydrogen) atoms. The Labute approximate surface area is 229 Å². The Morgan fingerprint density at radius 2 is 1.85 bits per heavy atom. The lowest BCUT2D eigenvalue weighted by Gasteiger charge is -2.19. The molecule has 1 atom stereocenters. The number of aryl methyl sites for hydroxylation is 1. The van der Waals surface area contributed by atoms with Crippen molar-refractivity contribution in [3.8, 4) is 33.7 Å². The van der Waals surface area contributed by atoms with Gasteiger partial charge in [0.05, 0.1) is 16.8 Å². The summed E-state index contributed by atoms with van der Waals surface area (Å²) in [5.74, 6) is 0.0541. The Morgan fingerprint density at radius 3 is 2.46 bits per heavy atom. The molecule has 1 aliphatic carbocycles. The number of carbonyl (C=O) groups excluding carboxylic acids is 1. The number of anilines is 1. The summed E-state index contributed by atoms with van der Waals surface area (Å²) in [6.45, 7) is 2.96. The van der Waals surface area contributed by atoms with E-state index in [2.05, 4.69) is 15.2 Å². The van der Waals surface area contributed by atoms with Crippen LogP contribution in [0.1, 0.15) is 19.8 Å². The number of aromatic nitrogens is 3.